The zero-order chi connectivity index (χ0) is 17.7. The summed E-state index contributed by atoms with van der Waals surface area (Å²) in [6, 6.07) is 17.5. The molecule has 0 saturated heterocycles. The van der Waals surface area contributed by atoms with Gasteiger partial charge in [-0.3, -0.25) is 0 Å². The maximum absolute atomic E-state index is 4.42. The summed E-state index contributed by atoms with van der Waals surface area (Å²) < 4.78 is 0. The van der Waals surface area contributed by atoms with Crippen LogP contribution in [-0.4, -0.2) is 10.5 Å². The summed E-state index contributed by atoms with van der Waals surface area (Å²) >= 11 is 13.1. The van der Waals surface area contributed by atoms with Crippen molar-refractivity contribution in [3.63, 3.8) is 0 Å². The standard InChI is InChI=1S/C22H24S4/c23-14-1-5-16(6-2-14)25-20-10-9-18-13-11-19(22(18)20)21(12-13)26-17-7-3-15(24)4-8-17/h1-8,13,18-24H,9-12H2. The number of rotatable bonds is 4. The molecule has 2 bridgehead atoms. The summed E-state index contributed by atoms with van der Waals surface area (Å²) in [4.78, 5) is 4.96. The van der Waals surface area contributed by atoms with Gasteiger partial charge in [-0.25, -0.2) is 0 Å². The number of hydrogen-bond donors (Lipinski definition) is 2. The second-order valence-corrected chi connectivity index (χ2v) is 11.7. The zero-order valence-electron chi connectivity index (χ0n) is 14.6. The van der Waals surface area contributed by atoms with Gasteiger partial charge in [0.05, 0.1) is 0 Å². The lowest BCUT2D eigenvalue weighted by molar-refractivity contribution is 0.270. The molecule has 0 amide bonds. The first-order chi connectivity index (χ1) is 12.7. The molecule has 5 rings (SSSR count). The highest BCUT2D eigenvalue weighted by atomic mass is 32.2. The van der Waals surface area contributed by atoms with Crippen LogP contribution in [0.5, 0.6) is 0 Å². The predicted molar refractivity (Wildman–Crippen MR) is 119 cm³/mol. The van der Waals surface area contributed by atoms with Crippen LogP contribution in [0.3, 0.4) is 0 Å². The quantitative estimate of drug-likeness (QED) is 0.517. The van der Waals surface area contributed by atoms with Crippen LogP contribution in [0.4, 0.5) is 0 Å². The van der Waals surface area contributed by atoms with Gasteiger partial charge in [0, 0.05) is 30.1 Å². The van der Waals surface area contributed by atoms with Crippen molar-refractivity contribution in [2.24, 2.45) is 23.7 Å². The summed E-state index contributed by atoms with van der Waals surface area (Å²) in [6.07, 6.45) is 5.77. The van der Waals surface area contributed by atoms with Crippen LogP contribution in [0.1, 0.15) is 25.7 Å². The molecule has 0 radical (unpaired) electrons. The molecule has 136 valence electrons. The van der Waals surface area contributed by atoms with E-state index in [1.165, 1.54) is 35.5 Å². The van der Waals surface area contributed by atoms with Gasteiger partial charge in [0.25, 0.3) is 0 Å². The molecule has 0 N–H and O–H groups in total. The lowest BCUT2D eigenvalue weighted by atomic mass is 9.81. The first-order valence-corrected chi connectivity index (χ1v) is 12.2. The van der Waals surface area contributed by atoms with Crippen molar-refractivity contribution in [1.82, 2.24) is 0 Å². The molecule has 0 aromatic heterocycles. The van der Waals surface area contributed by atoms with E-state index in [9.17, 15) is 0 Å². The largest absolute Gasteiger partial charge is 0.143 e. The summed E-state index contributed by atoms with van der Waals surface area (Å²) in [5, 5.41) is 1.62. The molecule has 3 fully saturated rings. The summed E-state index contributed by atoms with van der Waals surface area (Å²) in [7, 11) is 0. The number of thiol groups is 2. The van der Waals surface area contributed by atoms with Gasteiger partial charge in [-0.1, -0.05) is 0 Å². The van der Waals surface area contributed by atoms with Gasteiger partial charge in [-0.2, -0.15) is 0 Å². The molecule has 2 aromatic rings. The van der Waals surface area contributed by atoms with Gasteiger partial charge < -0.3 is 0 Å². The van der Waals surface area contributed by atoms with E-state index in [1.54, 1.807) is 0 Å². The molecule has 4 heteroatoms. The second kappa shape index (κ2) is 7.35. The summed E-state index contributed by atoms with van der Waals surface area (Å²) in [5.74, 6) is 3.82. The fourth-order valence-corrected chi connectivity index (χ4v) is 8.87. The fraction of sp³-hybridized carbons (Fsp3) is 0.455. The Morgan fingerprint density at radius 3 is 1.85 bits per heavy atom. The Balaban J connectivity index is 1.30. The SMILES string of the molecule is Sc1ccc(SC2CC3CC2C2C(Sc4ccc(S)cc4)CCC32)cc1. The van der Waals surface area contributed by atoms with E-state index in [0.29, 0.717) is 0 Å². The molecule has 0 heterocycles. The van der Waals surface area contributed by atoms with Gasteiger partial charge >= 0.3 is 0 Å². The van der Waals surface area contributed by atoms with Crippen LogP contribution in [0.15, 0.2) is 68.1 Å². The molecule has 26 heavy (non-hydrogen) atoms. The first-order valence-electron chi connectivity index (χ1n) is 9.59. The van der Waals surface area contributed by atoms with Crippen LogP contribution in [0.2, 0.25) is 0 Å². The van der Waals surface area contributed by atoms with Crippen molar-refractivity contribution < 1.29 is 0 Å². The van der Waals surface area contributed by atoms with Gasteiger partial charge in [0.2, 0.25) is 0 Å². The molecule has 3 aliphatic rings. The van der Waals surface area contributed by atoms with Crippen LogP contribution in [0, 0.1) is 23.7 Å². The van der Waals surface area contributed by atoms with E-state index in [0.717, 1.165) is 44.0 Å². The molecule has 0 spiro atoms. The summed E-state index contributed by atoms with van der Waals surface area (Å²) in [6.45, 7) is 0. The topological polar surface area (TPSA) is 0 Å². The van der Waals surface area contributed by atoms with Crippen molar-refractivity contribution in [3.05, 3.63) is 48.5 Å². The minimum Gasteiger partial charge on any atom is -0.143 e. The number of benzene rings is 2. The lowest BCUT2D eigenvalue weighted by Crippen LogP contribution is -2.31. The molecule has 6 unspecified atom stereocenters. The maximum Gasteiger partial charge on any atom is 0.0129 e. The Morgan fingerprint density at radius 2 is 1.23 bits per heavy atom. The van der Waals surface area contributed by atoms with E-state index in [2.05, 4.69) is 97.3 Å². The van der Waals surface area contributed by atoms with Crippen molar-refractivity contribution in [3.8, 4) is 0 Å². The fourth-order valence-electron chi connectivity index (χ4n) is 5.66. The molecule has 3 saturated carbocycles. The number of fused-ring (bicyclic) bond motifs is 5. The Hall–Kier alpha value is -0.160. The highest BCUT2D eigenvalue weighted by Crippen LogP contribution is 2.64. The third kappa shape index (κ3) is 3.36. The minimum absolute atomic E-state index is 0.809. The Kier molecular flexibility index (Phi) is 5.06. The molecular weight excluding hydrogens is 393 g/mol. The van der Waals surface area contributed by atoms with E-state index in [-0.39, 0.29) is 0 Å². The molecule has 0 nitrogen and oxygen atoms in total. The minimum atomic E-state index is 0.809. The molecule has 2 aromatic carbocycles. The molecule has 0 aliphatic heterocycles. The number of thioether (sulfide) groups is 2. The number of hydrogen-bond acceptors (Lipinski definition) is 4. The van der Waals surface area contributed by atoms with Crippen molar-refractivity contribution in [2.45, 2.75) is 55.8 Å². The molecule has 3 aliphatic carbocycles. The third-order valence-corrected chi connectivity index (χ3v) is 10.0. The zero-order valence-corrected chi connectivity index (χ0v) is 18.0. The van der Waals surface area contributed by atoms with Crippen molar-refractivity contribution in [2.75, 3.05) is 0 Å². The average molecular weight is 417 g/mol. The Morgan fingerprint density at radius 1 is 0.654 bits per heavy atom. The first kappa shape index (κ1) is 17.9. The van der Waals surface area contributed by atoms with E-state index < -0.39 is 0 Å². The Labute approximate surface area is 176 Å². The van der Waals surface area contributed by atoms with E-state index in [4.69, 9.17) is 0 Å². The van der Waals surface area contributed by atoms with E-state index >= 15 is 0 Å². The van der Waals surface area contributed by atoms with E-state index in [1.807, 2.05) is 0 Å². The van der Waals surface area contributed by atoms with Gasteiger partial charge in [-0.15, -0.1) is 48.8 Å². The van der Waals surface area contributed by atoms with Crippen molar-refractivity contribution in [1.29, 1.82) is 0 Å². The second-order valence-electron chi connectivity index (χ2n) is 8.01. The Bertz CT molecular complexity index is 770. The van der Waals surface area contributed by atoms with Gasteiger partial charge in [0.1, 0.15) is 0 Å². The highest BCUT2D eigenvalue weighted by Gasteiger charge is 2.57. The smallest absolute Gasteiger partial charge is 0.0129 e. The van der Waals surface area contributed by atoms with Crippen LogP contribution in [0.25, 0.3) is 0 Å². The normalized spacial score (nSPS) is 35.0. The van der Waals surface area contributed by atoms with Crippen LogP contribution >= 0.6 is 48.8 Å². The van der Waals surface area contributed by atoms with Crippen LogP contribution < -0.4 is 0 Å². The molecule has 6 atom stereocenters. The maximum atomic E-state index is 4.42. The van der Waals surface area contributed by atoms with Crippen LogP contribution in [-0.2, 0) is 0 Å². The molecular formula is C22H24S4. The third-order valence-electron chi connectivity index (χ3n) is 6.64. The van der Waals surface area contributed by atoms with Gasteiger partial charge in [0.15, 0.2) is 0 Å². The summed E-state index contributed by atoms with van der Waals surface area (Å²) in [5.41, 5.74) is 0. The average Bonchev–Trinajstić information content (AvgIpc) is 3.32. The van der Waals surface area contributed by atoms with Crippen molar-refractivity contribution >= 4 is 48.8 Å². The predicted octanol–water partition coefficient (Wildman–Crippen LogP) is 6.95. The highest BCUT2D eigenvalue weighted by molar-refractivity contribution is 8.00. The lowest BCUT2D eigenvalue weighted by Gasteiger charge is -2.34. The monoisotopic (exact) mass is 416 g/mol. The van der Waals surface area contributed by atoms with Gasteiger partial charge in [-0.05, 0) is 97.9 Å².